The molecule has 41 heavy (non-hydrogen) atoms. The molecule has 0 atom stereocenters. The summed E-state index contributed by atoms with van der Waals surface area (Å²) >= 11 is 2.80. The van der Waals surface area contributed by atoms with E-state index in [0.29, 0.717) is 55.5 Å². The van der Waals surface area contributed by atoms with E-state index in [1.165, 1.54) is 23.1 Å². The minimum absolute atomic E-state index is 0.154. The molecule has 0 bridgehead atoms. The molecule has 0 saturated carbocycles. The molecule has 0 saturated heterocycles. The number of aromatic nitrogens is 2. The third-order valence-corrected chi connectivity index (χ3v) is 8.18. The monoisotopic (exact) mass is 582 g/mol. The van der Waals surface area contributed by atoms with Crippen molar-refractivity contribution in [2.45, 2.75) is 11.4 Å². The fraction of sp³-hybridized carbons (Fsp3) is 0.161. The molecule has 3 aromatic carbocycles. The van der Waals surface area contributed by atoms with Crippen LogP contribution in [0, 0.1) is 11.3 Å². The van der Waals surface area contributed by atoms with Gasteiger partial charge in [0.15, 0.2) is 16.6 Å². The van der Waals surface area contributed by atoms with Crippen molar-refractivity contribution in [1.82, 2.24) is 9.97 Å². The van der Waals surface area contributed by atoms with Gasteiger partial charge in [-0.3, -0.25) is 4.79 Å². The number of hydrogen-bond donors (Lipinski definition) is 1. The third kappa shape index (κ3) is 6.11. The predicted molar refractivity (Wildman–Crippen MR) is 163 cm³/mol. The summed E-state index contributed by atoms with van der Waals surface area (Å²) in [6.07, 6.45) is 0.224. The number of para-hydroxylation sites is 1. The van der Waals surface area contributed by atoms with Crippen molar-refractivity contribution in [3.8, 4) is 45.7 Å². The number of nitrogens with zero attached hydrogens (tertiary/aromatic N) is 3. The number of fused-ring (bicyclic) bond motifs is 1. The maximum Gasteiger partial charge on any atom is 0.226 e. The lowest BCUT2D eigenvalue weighted by Crippen LogP contribution is -2.12. The van der Waals surface area contributed by atoms with Gasteiger partial charge in [-0.2, -0.15) is 5.26 Å². The first kappa shape index (κ1) is 28.0. The van der Waals surface area contributed by atoms with Crippen LogP contribution in [0.2, 0.25) is 0 Å². The summed E-state index contributed by atoms with van der Waals surface area (Å²) in [5.41, 5.74) is 4.24. The van der Waals surface area contributed by atoms with Crippen LogP contribution >= 0.6 is 23.1 Å². The van der Waals surface area contributed by atoms with Gasteiger partial charge in [0.05, 0.1) is 42.8 Å². The fourth-order valence-corrected chi connectivity index (χ4v) is 6.13. The fourth-order valence-electron chi connectivity index (χ4n) is 4.30. The van der Waals surface area contributed by atoms with E-state index >= 15 is 0 Å². The second kappa shape index (κ2) is 12.7. The van der Waals surface area contributed by atoms with Gasteiger partial charge in [-0.05, 0) is 35.9 Å². The number of nitriles is 1. The van der Waals surface area contributed by atoms with E-state index in [1.54, 1.807) is 21.3 Å². The van der Waals surface area contributed by atoms with Crippen molar-refractivity contribution in [3.05, 3.63) is 78.4 Å². The summed E-state index contributed by atoms with van der Waals surface area (Å²) < 4.78 is 17.6. The zero-order valence-corrected chi connectivity index (χ0v) is 24.3. The Bertz CT molecular complexity index is 1690. The van der Waals surface area contributed by atoms with Gasteiger partial charge >= 0.3 is 0 Å². The standard InChI is InChI=1S/C31H26N4O4S2/c1-37-25-15-20(16-26(38-2)29(25)39-3)21-17-24(19-9-5-4-6-10-19)33-30(22(21)18-32)40-14-13-28(36)35-31-34-23-11-7-8-12-27(23)41-31/h4-12,15-17H,13-14H2,1-3H3,(H,34,35,36). The lowest BCUT2D eigenvalue weighted by atomic mass is 9.98. The Labute approximate surface area is 245 Å². The second-order valence-corrected chi connectivity index (χ2v) is 10.9. The highest BCUT2D eigenvalue weighted by atomic mass is 32.2. The lowest BCUT2D eigenvalue weighted by molar-refractivity contribution is -0.115. The first-order chi connectivity index (χ1) is 20.0. The number of nitrogens with one attached hydrogen (secondary N) is 1. The normalized spacial score (nSPS) is 10.7. The highest BCUT2D eigenvalue weighted by molar-refractivity contribution is 7.99. The molecule has 206 valence electrons. The molecular formula is C31H26N4O4S2. The third-order valence-electron chi connectivity index (χ3n) is 6.25. The van der Waals surface area contributed by atoms with E-state index in [0.717, 1.165) is 15.8 Å². The first-order valence-electron chi connectivity index (χ1n) is 12.6. The van der Waals surface area contributed by atoms with Gasteiger partial charge in [0.2, 0.25) is 11.7 Å². The van der Waals surface area contributed by atoms with Crippen LogP contribution in [0.1, 0.15) is 12.0 Å². The van der Waals surface area contributed by atoms with Crippen molar-refractivity contribution < 1.29 is 19.0 Å². The molecule has 2 aromatic heterocycles. The number of anilines is 1. The van der Waals surface area contributed by atoms with E-state index < -0.39 is 0 Å². The average Bonchev–Trinajstić information content (AvgIpc) is 3.42. The van der Waals surface area contributed by atoms with Gasteiger partial charge in [0, 0.05) is 23.3 Å². The first-order valence-corrected chi connectivity index (χ1v) is 14.4. The largest absolute Gasteiger partial charge is 0.493 e. The van der Waals surface area contributed by atoms with Crippen LogP contribution in [0.3, 0.4) is 0 Å². The molecule has 1 amide bonds. The SMILES string of the molecule is COc1cc(-c2cc(-c3ccccc3)nc(SCCC(=O)Nc3nc4ccccc4s3)c2C#N)cc(OC)c1OC. The molecule has 8 nitrogen and oxygen atoms in total. The van der Waals surface area contributed by atoms with Crippen molar-refractivity contribution in [2.24, 2.45) is 0 Å². The lowest BCUT2D eigenvalue weighted by Gasteiger charge is -2.16. The topological polar surface area (TPSA) is 106 Å². The zero-order valence-electron chi connectivity index (χ0n) is 22.6. The number of pyridine rings is 1. The Balaban J connectivity index is 1.46. The number of thiazole rings is 1. The van der Waals surface area contributed by atoms with Gasteiger partial charge < -0.3 is 19.5 Å². The Morgan fingerprint density at radius 1 is 0.927 bits per heavy atom. The van der Waals surface area contributed by atoms with Crippen LogP contribution in [0.25, 0.3) is 32.6 Å². The Kier molecular flexibility index (Phi) is 8.67. The molecule has 2 heterocycles. The van der Waals surface area contributed by atoms with Gasteiger partial charge in [0.1, 0.15) is 11.1 Å². The number of benzene rings is 3. The summed E-state index contributed by atoms with van der Waals surface area (Å²) in [5.74, 6) is 1.68. The zero-order chi connectivity index (χ0) is 28.8. The van der Waals surface area contributed by atoms with Crippen LogP contribution in [-0.2, 0) is 4.79 Å². The molecule has 0 radical (unpaired) electrons. The highest BCUT2D eigenvalue weighted by Crippen LogP contribution is 2.43. The number of rotatable bonds is 10. The quantitative estimate of drug-likeness (QED) is 0.175. The number of carbonyl (C=O) groups excluding carboxylic acids is 1. The van der Waals surface area contributed by atoms with Crippen LogP contribution in [-0.4, -0.2) is 43.0 Å². The molecular weight excluding hydrogens is 556 g/mol. The minimum atomic E-state index is -0.154. The molecule has 0 spiro atoms. The molecule has 0 aliphatic rings. The molecule has 0 unspecified atom stereocenters. The summed E-state index contributed by atoms with van der Waals surface area (Å²) in [6, 6.07) is 25.3. The van der Waals surface area contributed by atoms with Gasteiger partial charge in [-0.15, -0.1) is 11.8 Å². The Hall–Kier alpha value is -4.59. The number of methoxy groups -OCH3 is 3. The molecule has 0 aliphatic heterocycles. The highest BCUT2D eigenvalue weighted by Gasteiger charge is 2.20. The minimum Gasteiger partial charge on any atom is -0.493 e. The van der Waals surface area contributed by atoms with Gasteiger partial charge in [-0.1, -0.05) is 53.8 Å². The van der Waals surface area contributed by atoms with Crippen LogP contribution in [0.4, 0.5) is 5.13 Å². The smallest absolute Gasteiger partial charge is 0.226 e. The Morgan fingerprint density at radius 3 is 2.29 bits per heavy atom. The van der Waals surface area contributed by atoms with E-state index in [4.69, 9.17) is 19.2 Å². The molecule has 1 N–H and O–H groups in total. The van der Waals surface area contributed by atoms with Crippen LogP contribution in [0.5, 0.6) is 17.2 Å². The molecule has 0 aliphatic carbocycles. The summed E-state index contributed by atoms with van der Waals surface area (Å²) in [5, 5.41) is 14.3. The summed E-state index contributed by atoms with van der Waals surface area (Å²) in [6.45, 7) is 0. The van der Waals surface area contributed by atoms with Crippen molar-refractivity contribution in [1.29, 1.82) is 5.26 Å². The maximum atomic E-state index is 12.7. The predicted octanol–water partition coefficient (Wildman–Crippen LogP) is 7.04. The van der Waals surface area contributed by atoms with Crippen molar-refractivity contribution in [2.75, 3.05) is 32.4 Å². The number of ether oxygens (including phenoxy) is 3. The molecule has 10 heteroatoms. The number of thioether (sulfide) groups is 1. The Morgan fingerprint density at radius 2 is 1.63 bits per heavy atom. The molecule has 0 fully saturated rings. The van der Waals surface area contributed by atoms with Gasteiger partial charge in [0.25, 0.3) is 0 Å². The van der Waals surface area contributed by atoms with E-state index in [-0.39, 0.29) is 12.3 Å². The number of amides is 1. The van der Waals surface area contributed by atoms with Gasteiger partial charge in [-0.25, -0.2) is 9.97 Å². The van der Waals surface area contributed by atoms with E-state index in [9.17, 15) is 10.1 Å². The summed E-state index contributed by atoms with van der Waals surface area (Å²) in [7, 11) is 4.65. The van der Waals surface area contributed by atoms with Crippen molar-refractivity contribution in [3.63, 3.8) is 0 Å². The van der Waals surface area contributed by atoms with E-state index in [2.05, 4.69) is 16.4 Å². The average molecular weight is 583 g/mol. The second-order valence-electron chi connectivity index (χ2n) is 8.76. The summed E-state index contributed by atoms with van der Waals surface area (Å²) in [4.78, 5) is 22.0. The van der Waals surface area contributed by atoms with Crippen molar-refractivity contribution >= 4 is 44.4 Å². The van der Waals surface area contributed by atoms with E-state index in [1.807, 2.05) is 72.8 Å². The molecule has 5 aromatic rings. The maximum absolute atomic E-state index is 12.7. The molecule has 5 rings (SSSR count). The number of carbonyl (C=O) groups is 1. The number of hydrogen-bond acceptors (Lipinski definition) is 9. The van der Waals surface area contributed by atoms with Crippen LogP contribution < -0.4 is 19.5 Å². The van der Waals surface area contributed by atoms with Crippen LogP contribution in [0.15, 0.2) is 77.8 Å².